The van der Waals surface area contributed by atoms with Gasteiger partial charge in [0.1, 0.15) is 5.15 Å². The normalized spacial score (nSPS) is 11.2. The fourth-order valence-corrected chi connectivity index (χ4v) is 4.68. The van der Waals surface area contributed by atoms with Crippen molar-refractivity contribution in [3.8, 4) is 0 Å². The number of rotatable bonds is 4. The molecule has 2 heterocycles. The summed E-state index contributed by atoms with van der Waals surface area (Å²) < 4.78 is 1.02. The van der Waals surface area contributed by atoms with Crippen molar-refractivity contribution in [2.75, 3.05) is 6.54 Å². The van der Waals surface area contributed by atoms with Crippen molar-refractivity contribution < 1.29 is 4.79 Å². The van der Waals surface area contributed by atoms with Crippen LogP contribution in [0.1, 0.15) is 27.7 Å². The van der Waals surface area contributed by atoms with Crippen molar-refractivity contribution in [3.05, 3.63) is 75.8 Å². The highest BCUT2D eigenvalue weighted by molar-refractivity contribution is 7.21. The van der Waals surface area contributed by atoms with Crippen LogP contribution >= 0.6 is 22.9 Å². The Morgan fingerprint density at radius 1 is 1.11 bits per heavy atom. The molecule has 0 saturated heterocycles. The largest absolute Gasteiger partial charge is 0.334 e. The summed E-state index contributed by atoms with van der Waals surface area (Å²) in [5, 5.41) is 2.34. The summed E-state index contributed by atoms with van der Waals surface area (Å²) in [5.41, 5.74) is 3.14. The molecule has 27 heavy (non-hydrogen) atoms. The molecule has 0 spiro atoms. The third-order valence-corrected chi connectivity index (χ3v) is 6.11. The third kappa shape index (κ3) is 3.43. The molecule has 3 nitrogen and oxygen atoms in total. The molecule has 0 radical (unpaired) electrons. The van der Waals surface area contributed by atoms with Crippen LogP contribution in [-0.4, -0.2) is 22.3 Å². The molecule has 0 saturated carbocycles. The number of aromatic nitrogens is 1. The maximum atomic E-state index is 13.1. The smallest absolute Gasteiger partial charge is 0.264 e. The number of carbonyl (C=O) groups excluding carboxylic acids is 1. The highest BCUT2D eigenvalue weighted by Crippen LogP contribution is 2.36. The van der Waals surface area contributed by atoms with E-state index in [1.807, 2.05) is 60.4 Å². The van der Waals surface area contributed by atoms with E-state index in [4.69, 9.17) is 11.6 Å². The molecule has 0 aliphatic carbocycles. The number of halogens is 1. The van der Waals surface area contributed by atoms with E-state index in [0.717, 1.165) is 32.1 Å². The molecule has 0 aliphatic rings. The predicted octanol–water partition coefficient (Wildman–Crippen LogP) is 6.07. The zero-order valence-corrected chi connectivity index (χ0v) is 16.8. The molecule has 0 unspecified atom stereocenters. The lowest BCUT2D eigenvalue weighted by Gasteiger charge is -2.20. The Balaban J connectivity index is 1.76. The fraction of sp³-hybridized carbons (Fsp3) is 0.182. The van der Waals surface area contributed by atoms with Crippen LogP contribution in [0.2, 0.25) is 5.15 Å². The molecule has 5 heteroatoms. The van der Waals surface area contributed by atoms with Crippen LogP contribution in [-0.2, 0) is 6.54 Å². The molecule has 0 bridgehead atoms. The number of nitrogens with zero attached hydrogens (tertiary/aromatic N) is 2. The number of amides is 1. The average Bonchev–Trinajstić information content (AvgIpc) is 3.13. The number of benzene rings is 2. The Labute approximate surface area is 167 Å². The Hall–Kier alpha value is -2.43. The first kappa shape index (κ1) is 18.0. The van der Waals surface area contributed by atoms with Crippen LogP contribution in [0.3, 0.4) is 0 Å². The summed E-state index contributed by atoms with van der Waals surface area (Å²) in [4.78, 5) is 20.2. The molecule has 1 amide bonds. The van der Waals surface area contributed by atoms with Gasteiger partial charge in [-0.1, -0.05) is 53.6 Å². The Bertz CT molecular complexity index is 1140. The number of fused-ring (bicyclic) bond motifs is 3. The number of aryl methyl sites for hydroxylation is 1. The van der Waals surface area contributed by atoms with Crippen LogP contribution in [0.25, 0.3) is 21.0 Å². The van der Waals surface area contributed by atoms with Gasteiger partial charge in [0.2, 0.25) is 0 Å². The van der Waals surface area contributed by atoms with E-state index in [2.05, 4.69) is 18.0 Å². The zero-order chi connectivity index (χ0) is 19.0. The Morgan fingerprint density at radius 3 is 2.63 bits per heavy atom. The number of pyridine rings is 1. The van der Waals surface area contributed by atoms with E-state index in [1.165, 1.54) is 11.3 Å². The second kappa shape index (κ2) is 7.29. The minimum Gasteiger partial charge on any atom is -0.334 e. The highest BCUT2D eigenvalue weighted by Gasteiger charge is 2.20. The van der Waals surface area contributed by atoms with E-state index in [0.29, 0.717) is 23.1 Å². The summed E-state index contributed by atoms with van der Waals surface area (Å²) in [6.07, 6.45) is 0. The monoisotopic (exact) mass is 394 g/mol. The zero-order valence-electron chi connectivity index (χ0n) is 15.2. The number of hydrogen-bond donors (Lipinski definition) is 0. The molecule has 4 aromatic rings. The van der Waals surface area contributed by atoms with Gasteiger partial charge in [-0.3, -0.25) is 4.79 Å². The quantitative estimate of drug-likeness (QED) is 0.393. The molecule has 2 aromatic heterocycles. The van der Waals surface area contributed by atoms with E-state index < -0.39 is 0 Å². The van der Waals surface area contributed by atoms with Crippen LogP contribution in [0.5, 0.6) is 0 Å². The van der Waals surface area contributed by atoms with Crippen molar-refractivity contribution >= 4 is 49.8 Å². The molecule has 0 fully saturated rings. The van der Waals surface area contributed by atoms with Crippen molar-refractivity contribution in [2.24, 2.45) is 0 Å². The second-order valence-electron chi connectivity index (χ2n) is 6.58. The van der Waals surface area contributed by atoms with Crippen LogP contribution < -0.4 is 0 Å². The van der Waals surface area contributed by atoms with Gasteiger partial charge in [0.05, 0.1) is 10.4 Å². The molecular weight excluding hydrogens is 376 g/mol. The molecule has 136 valence electrons. The standard InChI is InChI=1S/C22H19ClN2OS/c1-3-25(13-15-7-5-4-6-8-15)22(26)19-12-17-20(27-19)16-11-14(2)9-10-18(16)24-21(17)23/h4-12H,3,13H2,1-2H3. The van der Waals surface area contributed by atoms with Gasteiger partial charge in [-0.05, 0) is 37.6 Å². The minimum absolute atomic E-state index is 0.0272. The number of hydrogen-bond acceptors (Lipinski definition) is 3. The van der Waals surface area contributed by atoms with Gasteiger partial charge in [-0.2, -0.15) is 0 Å². The van der Waals surface area contributed by atoms with Crippen molar-refractivity contribution in [3.63, 3.8) is 0 Å². The first-order chi connectivity index (χ1) is 13.1. The van der Waals surface area contributed by atoms with Crippen molar-refractivity contribution in [2.45, 2.75) is 20.4 Å². The van der Waals surface area contributed by atoms with Gasteiger partial charge in [-0.15, -0.1) is 11.3 Å². The second-order valence-corrected chi connectivity index (χ2v) is 7.99. The van der Waals surface area contributed by atoms with Gasteiger partial charge in [0.15, 0.2) is 0 Å². The number of carbonyl (C=O) groups is 1. The first-order valence-corrected chi connectivity index (χ1v) is 10.1. The van der Waals surface area contributed by atoms with Gasteiger partial charge >= 0.3 is 0 Å². The van der Waals surface area contributed by atoms with E-state index in [9.17, 15) is 4.79 Å². The summed E-state index contributed by atoms with van der Waals surface area (Å²) in [6.45, 7) is 5.30. The van der Waals surface area contributed by atoms with Crippen LogP contribution in [0, 0.1) is 6.92 Å². The summed E-state index contributed by atoms with van der Waals surface area (Å²) in [7, 11) is 0. The van der Waals surface area contributed by atoms with E-state index >= 15 is 0 Å². The SMILES string of the molecule is CCN(Cc1ccccc1)C(=O)c1cc2c(Cl)nc3ccc(C)cc3c2s1. The highest BCUT2D eigenvalue weighted by atomic mass is 35.5. The molecule has 0 aliphatic heterocycles. The van der Waals surface area contributed by atoms with Crippen molar-refractivity contribution in [1.82, 2.24) is 9.88 Å². The molecule has 4 rings (SSSR count). The molecule has 2 aromatic carbocycles. The Morgan fingerprint density at radius 2 is 1.89 bits per heavy atom. The molecule has 0 N–H and O–H groups in total. The lowest BCUT2D eigenvalue weighted by molar-refractivity contribution is 0.0757. The van der Waals surface area contributed by atoms with E-state index in [-0.39, 0.29) is 5.91 Å². The predicted molar refractivity (Wildman–Crippen MR) is 114 cm³/mol. The Kier molecular flexibility index (Phi) is 4.85. The maximum absolute atomic E-state index is 13.1. The number of thiophene rings is 1. The maximum Gasteiger partial charge on any atom is 0.264 e. The lowest BCUT2D eigenvalue weighted by atomic mass is 10.1. The van der Waals surface area contributed by atoms with Crippen molar-refractivity contribution in [1.29, 1.82) is 0 Å². The molecule has 0 atom stereocenters. The van der Waals surface area contributed by atoms with Gasteiger partial charge in [0, 0.05) is 28.6 Å². The molecular formula is C22H19ClN2OS. The first-order valence-electron chi connectivity index (χ1n) is 8.89. The fourth-order valence-electron chi connectivity index (χ4n) is 3.23. The van der Waals surface area contributed by atoms with Gasteiger partial charge < -0.3 is 4.90 Å². The van der Waals surface area contributed by atoms with Gasteiger partial charge in [-0.25, -0.2) is 4.98 Å². The average molecular weight is 395 g/mol. The summed E-state index contributed by atoms with van der Waals surface area (Å²) >= 11 is 7.90. The summed E-state index contributed by atoms with van der Waals surface area (Å²) in [6, 6.07) is 18.0. The third-order valence-electron chi connectivity index (χ3n) is 4.67. The van der Waals surface area contributed by atoms with Gasteiger partial charge in [0.25, 0.3) is 5.91 Å². The van der Waals surface area contributed by atoms with Crippen LogP contribution in [0.15, 0.2) is 54.6 Å². The topological polar surface area (TPSA) is 33.2 Å². The summed E-state index contributed by atoms with van der Waals surface area (Å²) in [5.74, 6) is 0.0272. The lowest BCUT2D eigenvalue weighted by Crippen LogP contribution is -2.29. The van der Waals surface area contributed by atoms with E-state index in [1.54, 1.807) is 0 Å². The minimum atomic E-state index is 0.0272. The van der Waals surface area contributed by atoms with Crippen LogP contribution in [0.4, 0.5) is 0 Å².